The van der Waals surface area contributed by atoms with Crippen molar-refractivity contribution in [1.82, 2.24) is 24.5 Å². The van der Waals surface area contributed by atoms with Gasteiger partial charge in [-0.05, 0) is 101 Å². The van der Waals surface area contributed by atoms with Gasteiger partial charge in [-0.3, -0.25) is 0 Å². The zero-order chi connectivity index (χ0) is 30.9. The van der Waals surface area contributed by atoms with Crippen LogP contribution in [0.25, 0.3) is 22.5 Å². The van der Waals surface area contributed by atoms with Gasteiger partial charge in [0, 0.05) is 54.1 Å². The van der Waals surface area contributed by atoms with Gasteiger partial charge in [-0.25, -0.2) is 4.39 Å². The molecule has 0 spiro atoms. The van der Waals surface area contributed by atoms with Crippen molar-refractivity contribution in [2.45, 2.75) is 68.0 Å². The first-order valence-electron chi connectivity index (χ1n) is 16.1. The number of fused-ring (bicyclic) bond motifs is 4. The average Bonchev–Trinajstić information content (AvgIpc) is 3.67. The first-order chi connectivity index (χ1) is 21.8. The molecule has 2 bridgehead atoms. The van der Waals surface area contributed by atoms with E-state index in [1.165, 1.54) is 18.9 Å². The third-order valence-electron chi connectivity index (χ3n) is 10.1. The fraction of sp³-hybridized carbons (Fsp3) is 0.486. The lowest BCUT2D eigenvalue weighted by Gasteiger charge is -2.43. The van der Waals surface area contributed by atoms with Crippen LogP contribution < -0.4 is 15.0 Å². The minimum Gasteiger partial charge on any atom is -0.508 e. The van der Waals surface area contributed by atoms with Crippen LogP contribution in [0.2, 0.25) is 0 Å². The highest BCUT2D eigenvalue weighted by Crippen LogP contribution is 2.51. The fourth-order valence-electron chi connectivity index (χ4n) is 7.48. The van der Waals surface area contributed by atoms with Gasteiger partial charge in [-0.1, -0.05) is 12.0 Å². The Morgan fingerprint density at radius 3 is 2.60 bits per heavy atom. The van der Waals surface area contributed by atoms with E-state index < -0.39 is 5.82 Å². The summed E-state index contributed by atoms with van der Waals surface area (Å²) >= 11 is 1.66. The van der Waals surface area contributed by atoms with E-state index >= 15 is 4.39 Å². The van der Waals surface area contributed by atoms with Crippen molar-refractivity contribution in [3.05, 3.63) is 46.9 Å². The fourth-order valence-corrected chi connectivity index (χ4v) is 8.74. The van der Waals surface area contributed by atoms with Crippen LogP contribution in [-0.2, 0) is 0 Å². The Hall–Kier alpha value is -3.52. The first kappa shape index (κ1) is 28.9. The number of phenols is 1. The summed E-state index contributed by atoms with van der Waals surface area (Å²) in [7, 11) is 4.21. The van der Waals surface area contributed by atoms with Crippen LogP contribution >= 0.6 is 11.9 Å². The van der Waals surface area contributed by atoms with E-state index in [1.807, 2.05) is 0 Å². The number of phenolic OH excluding ortho intramolecular Hbond substituents is 1. The maximum Gasteiger partial charge on any atom is 0.319 e. The summed E-state index contributed by atoms with van der Waals surface area (Å²) in [6, 6.07) is 7.98. The lowest BCUT2D eigenvalue weighted by Crippen LogP contribution is -2.51. The van der Waals surface area contributed by atoms with Crippen LogP contribution in [0.1, 0.15) is 61.8 Å². The van der Waals surface area contributed by atoms with E-state index in [0.717, 1.165) is 73.8 Å². The average molecular weight is 627 g/mol. The van der Waals surface area contributed by atoms with Crippen LogP contribution in [0.4, 0.5) is 10.2 Å². The molecule has 10 heteroatoms. The smallest absolute Gasteiger partial charge is 0.319 e. The highest BCUT2D eigenvalue weighted by molar-refractivity contribution is 7.97. The Labute approximate surface area is 268 Å². The molecule has 8 nitrogen and oxygen atoms in total. The molecule has 2 unspecified atom stereocenters. The minimum absolute atomic E-state index is 0.108. The number of hydrogen-bond acceptors (Lipinski definition) is 9. The zero-order valence-electron chi connectivity index (χ0n) is 25.9. The number of benzene rings is 2. The molecule has 2 saturated heterocycles. The van der Waals surface area contributed by atoms with E-state index in [2.05, 4.69) is 45.5 Å². The first-order valence-corrected chi connectivity index (χ1v) is 16.9. The number of anilines is 1. The molecule has 2 saturated carbocycles. The summed E-state index contributed by atoms with van der Waals surface area (Å²) in [6.45, 7) is 3.34. The van der Waals surface area contributed by atoms with E-state index in [0.29, 0.717) is 47.1 Å². The molecular formula is C35H39FN6O2S. The number of aromatic hydroxyl groups is 1. The lowest BCUT2D eigenvalue weighted by atomic mass is 9.90. The lowest BCUT2D eigenvalue weighted by molar-refractivity contribution is 0.182. The summed E-state index contributed by atoms with van der Waals surface area (Å²) in [5.74, 6) is 3.17. The number of halogens is 1. The Morgan fingerprint density at radius 1 is 1.16 bits per heavy atom. The van der Waals surface area contributed by atoms with Crippen LogP contribution in [0.3, 0.4) is 0 Å². The second kappa shape index (κ2) is 11.1. The summed E-state index contributed by atoms with van der Waals surface area (Å²) < 4.78 is 23.8. The quantitative estimate of drug-likeness (QED) is 0.249. The summed E-state index contributed by atoms with van der Waals surface area (Å²) in [5, 5.41) is 15.9. The van der Waals surface area contributed by atoms with Gasteiger partial charge in [0.25, 0.3) is 0 Å². The van der Waals surface area contributed by atoms with Crippen molar-refractivity contribution in [2.24, 2.45) is 5.41 Å². The van der Waals surface area contributed by atoms with E-state index in [-0.39, 0.29) is 16.7 Å². The number of piperazine rings is 1. The molecule has 2 aliphatic carbocycles. The van der Waals surface area contributed by atoms with Crippen molar-refractivity contribution >= 4 is 40.3 Å². The molecule has 3 aromatic rings. The van der Waals surface area contributed by atoms with Gasteiger partial charge in [0.15, 0.2) is 5.82 Å². The molecule has 0 amide bonds. The highest BCUT2D eigenvalue weighted by Gasteiger charge is 2.44. The van der Waals surface area contributed by atoms with Crippen molar-refractivity contribution in [3.63, 3.8) is 0 Å². The molecule has 8 rings (SSSR count). The molecule has 3 aliphatic heterocycles. The molecular weight excluding hydrogens is 587 g/mol. The predicted octanol–water partition coefficient (Wildman–Crippen LogP) is 5.49. The predicted molar refractivity (Wildman–Crippen MR) is 177 cm³/mol. The van der Waals surface area contributed by atoms with Crippen LogP contribution in [0, 0.1) is 23.6 Å². The van der Waals surface area contributed by atoms with Gasteiger partial charge in [-0.15, -0.1) is 6.42 Å². The monoisotopic (exact) mass is 626 g/mol. The molecule has 2 atom stereocenters. The maximum absolute atomic E-state index is 15.1. The summed E-state index contributed by atoms with van der Waals surface area (Å²) in [6.07, 6.45) is 15.8. The van der Waals surface area contributed by atoms with Gasteiger partial charge >= 0.3 is 6.01 Å². The second-order valence-electron chi connectivity index (χ2n) is 13.8. The number of nitrogens with zero attached hydrogens (tertiary/aromatic N) is 5. The number of nitrogens with one attached hydrogen (secondary N) is 1. The topological polar surface area (TPSA) is 77.0 Å². The Kier molecular flexibility index (Phi) is 7.12. The van der Waals surface area contributed by atoms with Crippen molar-refractivity contribution in [2.75, 3.05) is 45.2 Å². The standard InChI is InChI=1S/C35H39FN6O2S/c1-4-26-28(36)11-8-21-14-25(43)15-27(31(21)26)30-16-29-32(45-42(30)24-6-5-7-24)33(41-17-22-9-10-23(18-41)37-22)39-34(38-29)44-20-35(12-13-35)19-40(2)3/h1,8,11,14-16,22-24,37,43H,5-7,9-10,12-13,17-20H2,2-3H3. The molecule has 45 heavy (non-hydrogen) atoms. The van der Waals surface area contributed by atoms with Gasteiger partial charge in [0.2, 0.25) is 0 Å². The molecule has 0 radical (unpaired) electrons. The van der Waals surface area contributed by atoms with Crippen molar-refractivity contribution in [1.29, 1.82) is 0 Å². The van der Waals surface area contributed by atoms with Crippen LogP contribution in [0.5, 0.6) is 11.8 Å². The Bertz CT molecular complexity index is 1730. The van der Waals surface area contributed by atoms with Gasteiger partial charge in [0.1, 0.15) is 11.6 Å². The number of hydrogen-bond donors (Lipinski definition) is 2. The maximum atomic E-state index is 15.1. The van der Waals surface area contributed by atoms with Crippen molar-refractivity contribution in [3.8, 4) is 24.1 Å². The Balaban J connectivity index is 1.27. The van der Waals surface area contributed by atoms with E-state index in [4.69, 9.17) is 21.1 Å². The molecule has 4 heterocycles. The van der Waals surface area contributed by atoms with E-state index in [1.54, 1.807) is 30.1 Å². The highest BCUT2D eigenvalue weighted by atomic mass is 32.2. The van der Waals surface area contributed by atoms with Crippen molar-refractivity contribution < 1.29 is 14.2 Å². The van der Waals surface area contributed by atoms with Gasteiger partial charge < -0.3 is 29.3 Å². The van der Waals surface area contributed by atoms with Crippen LogP contribution in [-0.4, -0.2) is 82.7 Å². The molecule has 2 N–H and O–H groups in total. The number of terminal acetylenes is 1. The summed E-state index contributed by atoms with van der Waals surface area (Å²) in [5.41, 5.74) is 2.69. The number of rotatable bonds is 8. The zero-order valence-corrected chi connectivity index (χ0v) is 26.7. The summed E-state index contributed by atoms with van der Waals surface area (Å²) in [4.78, 5) is 15.8. The van der Waals surface area contributed by atoms with Crippen LogP contribution in [0.15, 0.2) is 29.2 Å². The number of aromatic nitrogens is 2. The third-order valence-corrected chi connectivity index (χ3v) is 11.3. The van der Waals surface area contributed by atoms with Gasteiger partial charge in [0.05, 0.1) is 28.5 Å². The Morgan fingerprint density at radius 2 is 1.93 bits per heavy atom. The molecule has 4 fully saturated rings. The molecule has 234 valence electrons. The minimum atomic E-state index is -0.447. The van der Waals surface area contributed by atoms with E-state index in [9.17, 15) is 5.11 Å². The normalized spacial score (nSPS) is 23.5. The number of ether oxygens (including phenoxy) is 1. The third kappa shape index (κ3) is 5.29. The van der Waals surface area contributed by atoms with Gasteiger partial charge in [-0.2, -0.15) is 9.97 Å². The molecule has 2 aromatic carbocycles. The largest absolute Gasteiger partial charge is 0.508 e. The second-order valence-corrected chi connectivity index (χ2v) is 14.8. The molecule has 5 aliphatic rings. The molecule has 1 aromatic heterocycles. The SMILES string of the molecule is C#Cc1c(F)ccc2cc(O)cc(C3=Cc4nc(OCC5(CN(C)C)CC5)nc(N5CC6CCC(C5)N6)c4SN3C3CCC3)c12.